The molecule has 1 unspecified atom stereocenters. The summed E-state index contributed by atoms with van der Waals surface area (Å²) in [5.41, 5.74) is -0.885. The molecule has 0 spiro atoms. The minimum absolute atomic E-state index is 0.235. The second-order valence-electron chi connectivity index (χ2n) is 6.61. The number of morpholine rings is 1. The predicted molar refractivity (Wildman–Crippen MR) is 98.8 cm³/mol. The number of amides is 1. The van der Waals surface area contributed by atoms with E-state index in [2.05, 4.69) is 33.7 Å². The molecule has 2 rings (SSSR count). The molecule has 0 saturated carbocycles. The molecule has 0 aromatic carbocycles. The summed E-state index contributed by atoms with van der Waals surface area (Å²) in [4.78, 5) is 14.7. The van der Waals surface area contributed by atoms with Crippen LogP contribution in [-0.2, 0) is 11.3 Å². The number of nitrogens with zero attached hydrogens (tertiary/aromatic N) is 4. The van der Waals surface area contributed by atoms with Crippen LogP contribution >= 0.6 is 0 Å². The van der Waals surface area contributed by atoms with Crippen molar-refractivity contribution < 1.29 is 14.6 Å². The van der Waals surface area contributed by atoms with E-state index in [-0.39, 0.29) is 11.6 Å². The number of rotatable bonds is 10. The monoisotopic (exact) mass is 363 g/mol. The first-order chi connectivity index (χ1) is 12.5. The Bertz CT molecular complexity index is 600. The Morgan fingerprint density at radius 1 is 1.38 bits per heavy atom. The van der Waals surface area contributed by atoms with E-state index in [1.54, 1.807) is 30.0 Å². The number of hydrogen-bond acceptors (Lipinski definition) is 6. The fourth-order valence-corrected chi connectivity index (χ4v) is 2.92. The van der Waals surface area contributed by atoms with Crippen LogP contribution in [0.2, 0.25) is 0 Å². The van der Waals surface area contributed by atoms with Crippen LogP contribution in [-0.4, -0.2) is 75.4 Å². The smallest absolute Gasteiger partial charge is 0.273 e. The summed E-state index contributed by atoms with van der Waals surface area (Å²) in [5.74, 6) is -0.360. The van der Waals surface area contributed by atoms with Crippen molar-refractivity contribution in [3.8, 4) is 0 Å². The lowest BCUT2D eigenvalue weighted by Crippen LogP contribution is -2.50. The van der Waals surface area contributed by atoms with Crippen LogP contribution in [0.25, 0.3) is 0 Å². The predicted octanol–water partition coefficient (Wildman–Crippen LogP) is 0.612. The lowest BCUT2D eigenvalue weighted by atomic mass is 9.88. The van der Waals surface area contributed by atoms with Crippen LogP contribution in [0, 0.1) is 0 Å². The maximum absolute atomic E-state index is 12.4. The summed E-state index contributed by atoms with van der Waals surface area (Å²) >= 11 is 0. The fourth-order valence-electron chi connectivity index (χ4n) is 2.92. The van der Waals surface area contributed by atoms with Crippen molar-refractivity contribution in [2.45, 2.75) is 38.0 Å². The van der Waals surface area contributed by atoms with Gasteiger partial charge in [-0.15, -0.1) is 18.3 Å². The van der Waals surface area contributed by atoms with E-state index in [0.29, 0.717) is 19.4 Å². The number of aliphatic hydroxyl groups is 1. The summed E-state index contributed by atoms with van der Waals surface area (Å²) < 4.78 is 6.99. The van der Waals surface area contributed by atoms with E-state index in [1.807, 2.05) is 0 Å². The van der Waals surface area contributed by atoms with Gasteiger partial charge in [0.15, 0.2) is 5.69 Å². The van der Waals surface area contributed by atoms with Crippen LogP contribution in [0.5, 0.6) is 0 Å². The lowest BCUT2D eigenvalue weighted by molar-refractivity contribution is 0.0127. The Morgan fingerprint density at radius 2 is 2.04 bits per heavy atom. The minimum atomic E-state index is -1.12. The van der Waals surface area contributed by atoms with Crippen LogP contribution in [0.3, 0.4) is 0 Å². The molecule has 1 saturated heterocycles. The van der Waals surface area contributed by atoms with Gasteiger partial charge >= 0.3 is 0 Å². The molecule has 8 nitrogen and oxygen atoms in total. The second-order valence-corrected chi connectivity index (χ2v) is 6.61. The fraction of sp³-hybridized carbons (Fsp3) is 0.611. The molecule has 2 N–H and O–H groups in total. The number of hydrogen-bond donors (Lipinski definition) is 2. The standard InChI is InChI=1S/C18H29N5O3/c1-4-6-18(25,7-5-2)15(3)19-17(24)16-14-23(21-20-16)9-8-22-10-12-26-13-11-22/h4-5,14-15,25H,1-2,6-13H2,3H3,(H,19,24). The highest BCUT2D eigenvalue weighted by molar-refractivity contribution is 5.92. The van der Waals surface area contributed by atoms with Gasteiger partial charge in [0.05, 0.1) is 37.6 Å². The van der Waals surface area contributed by atoms with E-state index >= 15 is 0 Å². The van der Waals surface area contributed by atoms with Gasteiger partial charge in [0.2, 0.25) is 0 Å². The zero-order valence-electron chi connectivity index (χ0n) is 15.4. The van der Waals surface area contributed by atoms with Crippen LogP contribution in [0.15, 0.2) is 31.5 Å². The third kappa shape index (κ3) is 5.48. The van der Waals surface area contributed by atoms with Gasteiger partial charge in [0.25, 0.3) is 5.91 Å². The molecule has 0 bridgehead atoms. The maximum Gasteiger partial charge on any atom is 0.273 e. The summed E-state index contributed by atoms with van der Waals surface area (Å²) in [5, 5.41) is 21.5. The van der Waals surface area contributed by atoms with Gasteiger partial charge in [-0.25, -0.2) is 0 Å². The van der Waals surface area contributed by atoms with Crippen LogP contribution in [0.1, 0.15) is 30.3 Å². The van der Waals surface area contributed by atoms with Crippen molar-refractivity contribution in [1.82, 2.24) is 25.2 Å². The van der Waals surface area contributed by atoms with Gasteiger partial charge in [-0.05, 0) is 19.8 Å². The normalized spacial score (nSPS) is 16.8. The Hall–Kier alpha value is -2.03. The number of nitrogens with one attached hydrogen (secondary N) is 1. The Morgan fingerprint density at radius 3 is 2.65 bits per heavy atom. The van der Waals surface area contributed by atoms with Crippen molar-refractivity contribution >= 4 is 5.91 Å². The van der Waals surface area contributed by atoms with Crippen LogP contribution < -0.4 is 5.32 Å². The Labute approximate surface area is 154 Å². The lowest BCUT2D eigenvalue weighted by Gasteiger charge is -2.32. The largest absolute Gasteiger partial charge is 0.387 e. The van der Waals surface area contributed by atoms with Gasteiger partial charge in [0, 0.05) is 19.6 Å². The average molecular weight is 363 g/mol. The summed E-state index contributed by atoms with van der Waals surface area (Å²) in [6.07, 6.45) is 5.60. The molecule has 0 radical (unpaired) electrons. The molecule has 2 heterocycles. The summed E-state index contributed by atoms with van der Waals surface area (Å²) in [6, 6.07) is -0.482. The zero-order valence-corrected chi connectivity index (χ0v) is 15.4. The van der Waals surface area contributed by atoms with E-state index in [4.69, 9.17) is 4.74 Å². The highest BCUT2D eigenvalue weighted by atomic mass is 16.5. The second kappa shape index (κ2) is 9.61. The van der Waals surface area contributed by atoms with Crippen molar-refractivity contribution in [3.05, 3.63) is 37.2 Å². The molecule has 1 atom stereocenters. The Kier molecular flexibility index (Phi) is 7.50. The number of carbonyl (C=O) groups excluding carboxylic acids is 1. The van der Waals surface area contributed by atoms with E-state index < -0.39 is 11.6 Å². The van der Waals surface area contributed by atoms with Gasteiger partial charge in [-0.3, -0.25) is 14.4 Å². The van der Waals surface area contributed by atoms with E-state index in [9.17, 15) is 9.90 Å². The number of carbonyl (C=O) groups is 1. The number of ether oxygens (including phenoxy) is 1. The molecule has 1 aromatic rings. The highest BCUT2D eigenvalue weighted by Gasteiger charge is 2.33. The van der Waals surface area contributed by atoms with Gasteiger partial charge in [-0.2, -0.15) is 0 Å². The first kappa shape index (κ1) is 20.3. The number of aromatic nitrogens is 3. The molecule has 8 heteroatoms. The first-order valence-electron chi connectivity index (χ1n) is 8.94. The summed E-state index contributed by atoms with van der Waals surface area (Å²) in [6.45, 7) is 13.9. The Balaban J connectivity index is 1.89. The molecule has 26 heavy (non-hydrogen) atoms. The molecule has 1 fully saturated rings. The van der Waals surface area contributed by atoms with Crippen molar-refractivity contribution in [2.75, 3.05) is 32.8 Å². The molecule has 0 aliphatic carbocycles. The molecule has 1 amide bonds. The minimum Gasteiger partial charge on any atom is -0.387 e. The third-order valence-electron chi connectivity index (χ3n) is 4.67. The highest BCUT2D eigenvalue weighted by Crippen LogP contribution is 2.21. The van der Waals surface area contributed by atoms with Crippen molar-refractivity contribution in [1.29, 1.82) is 0 Å². The van der Waals surface area contributed by atoms with E-state index in [0.717, 1.165) is 32.8 Å². The van der Waals surface area contributed by atoms with E-state index in [1.165, 1.54) is 0 Å². The molecular formula is C18H29N5O3. The quantitative estimate of drug-likeness (QED) is 0.592. The topological polar surface area (TPSA) is 92.5 Å². The van der Waals surface area contributed by atoms with Gasteiger partial charge < -0.3 is 15.2 Å². The average Bonchev–Trinajstić information content (AvgIpc) is 3.10. The molecule has 1 aromatic heterocycles. The molecule has 1 aliphatic rings. The molecule has 1 aliphatic heterocycles. The van der Waals surface area contributed by atoms with Crippen molar-refractivity contribution in [3.63, 3.8) is 0 Å². The zero-order chi connectivity index (χ0) is 19.0. The van der Waals surface area contributed by atoms with Crippen LogP contribution in [0.4, 0.5) is 0 Å². The van der Waals surface area contributed by atoms with Gasteiger partial charge in [-0.1, -0.05) is 17.4 Å². The SMILES string of the molecule is C=CCC(O)(CC=C)C(C)NC(=O)c1cn(CCN2CCOCC2)nn1. The molecule has 144 valence electrons. The third-order valence-corrected chi connectivity index (χ3v) is 4.67. The summed E-state index contributed by atoms with van der Waals surface area (Å²) in [7, 11) is 0. The van der Waals surface area contributed by atoms with Gasteiger partial charge in [0.1, 0.15) is 0 Å². The molecular weight excluding hydrogens is 334 g/mol. The maximum atomic E-state index is 12.4. The first-order valence-corrected chi connectivity index (χ1v) is 8.94. The van der Waals surface area contributed by atoms with Crippen molar-refractivity contribution in [2.24, 2.45) is 0 Å².